The van der Waals surface area contributed by atoms with E-state index in [1.165, 1.54) is 0 Å². The molecule has 0 aromatic heterocycles. The van der Waals surface area contributed by atoms with Crippen LogP contribution in [0.2, 0.25) is 0 Å². The van der Waals surface area contributed by atoms with Crippen molar-refractivity contribution >= 4 is 27.7 Å². The molecule has 1 aromatic carbocycles. The molecule has 1 fully saturated rings. The largest absolute Gasteiger partial charge is 0.497 e. The van der Waals surface area contributed by atoms with Crippen LogP contribution in [0.25, 0.3) is 0 Å². The maximum Gasteiger partial charge on any atom is 0.255 e. The Morgan fingerprint density at radius 3 is 2.45 bits per heavy atom. The number of carbonyl (C=O) groups is 2. The molecule has 5 nitrogen and oxygen atoms in total. The number of hydrogen-bond donors (Lipinski definition) is 0. The minimum Gasteiger partial charge on any atom is -0.497 e. The summed E-state index contributed by atoms with van der Waals surface area (Å²) in [6, 6.07) is 5.36. The molecule has 0 unspecified atom stereocenters. The Morgan fingerprint density at radius 2 is 1.91 bits per heavy atom. The van der Waals surface area contributed by atoms with E-state index >= 15 is 0 Å². The van der Waals surface area contributed by atoms with Crippen molar-refractivity contribution in [3.05, 3.63) is 28.2 Å². The minimum absolute atomic E-state index is 0.0211. The van der Waals surface area contributed by atoms with Crippen molar-refractivity contribution in [2.24, 2.45) is 5.92 Å². The first-order valence-corrected chi connectivity index (χ1v) is 8.07. The number of methoxy groups -OCH3 is 1. The Morgan fingerprint density at radius 1 is 1.27 bits per heavy atom. The fraction of sp³-hybridized carbons (Fsp3) is 0.500. The lowest BCUT2D eigenvalue weighted by Crippen LogP contribution is -2.42. The molecule has 1 aliphatic heterocycles. The first kappa shape index (κ1) is 16.8. The molecule has 1 heterocycles. The van der Waals surface area contributed by atoms with E-state index in [0.29, 0.717) is 37.2 Å². The molecule has 120 valence electrons. The predicted molar refractivity (Wildman–Crippen MR) is 88.0 cm³/mol. The molecule has 0 saturated carbocycles. The van der Waals surface area contributed by atoms with E-state index in [1.54, 1.807) is 37.1 Å². The lowest BCUT2D eigenvalue weighted by Gasteiger charge is -2.32. The lowest BCUT2D eigenvalue weighted by molar-refractivity contribution is -0.134. The highest BCUT2D eigenvalue weighted by molar-refractivity contribution is 9.10. The summed E-state index contributed by atoms with van der Waals surface area (Å²) in [6.45, 7) is 1.21. The number of amides is 2. The number of hydrogen-bond acceptors (Lipinski definition) is 3. The van der Waals surface area contributed by atoms with Gasteiger partial charge in [0, 0.05) is 37.6 Å². The number of ether oxygens (including phenoxy) is 1. The van der Waals surface area contributed by atoms with Gasteiger partial charge in [-0.2, -0.15) is 0 Å². The second-order valence-corrected chi connectivity index (χ2v) is 6.50. The number of likely N-dealkylation sites (tertiary alicyclic amines) is 1. The molecule has 0 bridgehead atoms. The molecule has 22 heavy (non-hydrogen) atoms. The number of carbonyl (C=O) groups excluding carboxylic acids is 2. The maximum absolute atomic E-state index is 12.6. The Hall–Kier alpha value is -1.56. The van der Waals surface area contributed by atoms with Crippen LogP contribution in [0, 0.1) is 5.92 Å². The van der Waals surface area contributed by atoms with Crippen LogP contribution in [0.15, 0.2) is 22.7 Å². The zero-order chi connectivity index (χ0) is 16.3. The van der Waals surface area contributed by atoms with Crippen LogP contribution in [-0.2, 0) is 4.79 Å². The van der Waals surface area contributed by atoms with Crippen LogP contribution in [-0.4, -0.2) is 55.9 Å². The molecule has 1 aliphatic rings. The van der Waals surface area contributed by atoms with E-state index in [9.17, 15) is 9.59 Å². The molecular formula is C16H21BrN2O3. The highest BCUT2D eigenvalue weighted by Gasteiger charge is 2.29. The fourth-order valence-electron chi connectivity index (χ4n) is 2.66. The van der Waals surface area contributed by atoms with Crippen molar-refractivity contribution < 1.29 is 14.3 Å². The Kier molecular flexibility index (Phi) is 5.45. The van der Waals surface area contributed by atoms with E-state index in [1.807, 2.05) is 12.1 Å². The van der Waals surface area contributed by atoms with Gasteiger partial charge in [0.2, 0.25) is 5.91 Å². The van der Waals surface area contributed by atoms with Gasteiger partial charge >= 0.3 is 0 Å². The van der Waals surface area contributed by atoms with E-state index < -0.39 is 0 Å². The van der Waals surface area contributed by atoms with E-state index in [0.717, 1.165) is 4.47 Å². The summed E-state index contributed by atoms with van der Waals surface area (Å²) >= 11 is 3.42. The molecule has 0 radical (unpaired) electrons. The average molecular weight is 369 g/mol. The van der Waals surface area contributed by atoms with Gasteiger partial charge < -0.3 is 14.5 Å². The summed E-state index contributed by atoms with van der Waals surface area (Å²) in [4.78, 5) is 28.1. The molecule has 0 atom stereocenters. The molecule has 2 rings (SSSR count). The van der Waals surface area contributed by atoms with Gasteiger partial charge in [0.15, 0.2) is 0 Å². The van der Waals surface area contributed by atoms with Crippen molar-refractivity contribution in [3.63, 3.8) is 0 Å². The molecule has 6 heteroatoms. The highest BCUT2D eigenvalue weighted by atomic mass is 79.9. The van der Waals surface area contributed by atoms with Crippen molar-refractivity contribution in [1.82, 2.24) is 9.80 Å². The number of rotatable bonds is 3. The molecule has 1 saturated heterocycles. The zero-order valence-corrected chi connectivity index (χ0v) is 14.7. The maximum atomic E-state index is 12.6. The SMILES string of the molecule is COc1ccc(Br)c(C(=O)N2CCC(C(=O)N(C)C)CC2)c1. The number of piperidine rings is 1. The summed E-state index contributed by atoms with van der Waals surface area (Å²) in [6.07, 6.45) is 1.43. The van der Waals surface area contributed by atoms with Gasteiger partial charge in [-0.25, -0.2) is 0 Å². The Bertz CT molecular complexity index is 567. The van der Waals surface area contributed by atoms with Crippen LogP contribution in [0.1, 0.15) is 23.2 Å². The minimum atomic E-state index is -0.0264. The summed E-state index contributed by atoms with van der Waals surface area (Å²) in [5.74, 6) is 0.799. The Balaban J connectivity index is 2.05. The molecule has 1 aromatic rings. The molecule has 0 N–H and O–H groups in total. The van der Waals surface area contributed by atoms with Gasteiger partial charge in [0.05, 0.1) is 12.7 Å². The quantitative estimate of drug-likeness (QED) is 0.822. The van der Waals surface area contributed by atoms with Crippen LogP contribution >= 0.6 is 15.9 Å². The molecule has 0 spiro atoms. The zero-order valence-electron chi connectivity index (χ0n) is 13.1. The molecule has 0 aliphatic carbocycles. The lowest BCUT2D eigenvalue weighted by atomic mass is 9.95. The summed E-state index contributed by atoms with van der Waals surface area (Å²) < 4.78 is 5.93. The number of halogens is 1. The van der Waals surface area contributed by atoms with Gasteiger partial charge in [-0.1, -0.05) is 0 Å². The van der Waals surface area contributed by atoms with Gasteiger partial charge in [0.25, 0.3) is 5.91 Å². The van der Waals surface area contributed by atoms with Crippen LogP contribution < -0.4 is 4.74 Å². The van der Waals surface area contributed by atoms with E-state index in [-0.39, 0.29) is 17.7 Å². The van der Waals surface area contributed by atoms with E-state index in [4.69, 9.17) is 4.74 Å². The van der Waals surface area contributed by atoms with Gasteiger partial charge in [-0.05, 0) is 47.0 Å². The fourth-order valence-corrected chi connectivity index (χ4v) is 3.08. The number of nitrogens with zero attached hydrogens (tertiary/aromatic N) is 2. The van der Waals surface area contributed by atoms with Gasteiger partial charge in [-0.3, -0.25) is 9.59 Å². The van der Waals surface area contributed by atoms with Crippen molar-refractivity contribution in [1.29, 1.82) is 0 Å². The standard InChI is InChI=1S/C16H21BrN2O3/c1-18(2)15(20)11-6-8-19(9-7-11)16(21)13-10-12(22-3)4-5-14(13)17/h4-5,10-11H,6-9H2,1-3H3. The predicted octanol–water partition coefficient (Wildman–Crippen LogP) is 2.40. The van der Waals surface area contributed by atoms with Crippen molar-refractivity contribution in [2.45, 2.75) is 12.8 Å². The average Bonchev–Trinajstić information content (AvgIpc) is 2.54. The second kappa shape index (κ2) is 7.13. The van der Waals surface area contributed by atoms with E-state index in [2.05, 4.69) is 15.9 Å². The first-order valence-electron chi connectivity index (χ1n) is 7.28. The Labute approximate surface area is 139 Å². The van der Waals surface area contributed by atoms with Gasteiger partial charge in [0.1, 0.15) is 5.75 Å². The summed E-state index contributed by atoms with van der Waals surface area (Å²) in [5.41, 5.74) is 0.594. The highest BCUT2D eigenvalue weighted by Crippen LogP contribution is 2.26. The second-order valence-electron chi connectivity index (χ2n) is 5.64. The number of benzene rings is 1. The normalized spacial score (nSPS) is 15.5. The van der Waals surface area contributed by atoms with Crippen molar-refractivity contribution in [3.8, 4) is 5.75 Å². The monoisotopic (exact) mass is 368 g/mol. The third kappa shape index (κ3) is 3.61. The summed E-state index contributed by atoms with van der Waals surface area (Å²) in [7, 11) is 5.12. The smallest absolute Gasteiger partial charge is 0.255 e. The topological polar surface area (TPSA) is 49.9 Å². The third-order valence-electron chi connectivity index (χ3n) is 3.98. The third-order valence-corrected chi connectivity index (χ3v) is 4.67. The molecular weight excluding hydrogens is 348 g/mol. The van der Waals surface area contributed by atoms with Crippen LogP contribution in [0.5, 0.6) is 5.75 Å². The first-order chi connectivity index (χ1) is 10.4. The summed E-state index contributed by atoms with van der Waals surface area (Å²) in [5, 5.41) is 0. The van der Waals surface area contributed by atoms with Crippen molar-refractivity contribution in [2.75, 3.05) is 34.3 Å². The van der Waals surface area contributed by atoms with Crippen LogP contribution in [0.4, 0.5) is 0 Å². The molecule has 2 amide bonds. The van der Waals surface area contributed by atoms with Crippen LogP contribution in [0.3, 0.4) is 0 Å². The van der Waals surface area contributed by atoms with Gasteiger partial charge in [-0.15, -0.1) is 0 Å².